The van der Waals surface area contributed by atoms with Gasteiger partial charge in [0, 0.05) is 11.6 Å². The van der Waals surface area contributed by atoms with E-state index in [0.29, 0.717) is 0 Å². The van der Waals surface area contributed by atoms with E-state index in [1.807, 2.05) is 0 Å². The molecule has 0 heterocycles. The van der Waals surface area contributed by atoms with Crippen molar-refractivity contribution in [3.05, 3.63) is 75.5 Å². The van der Waals surface area contributed by atoms with Gasteiger partial charge in [-0.15, -0.1) is 0 Å². The Bertz CT molecular complexity index is 758. The van der Waals surface area contributed by atoms with Crippen LogP contribution < -0.4 is 10.9 Å². The summed E-state index contributed by atoms with van der Waals surface area (Å²) in [5.41, 5.74) is 4.68. The predicted octanol–water partition coefficient (Wildman–Crippen LogP) is 3.61. The van der Waals surface area contributed by atoms with Crippen LogP contribution in [0.5, 0.6) is 0 Å². The third-order valence-corrected chi connectivity index (χ3v) is 3.48. The summed E-state index contributed by atoms with van der Waals surface area (Å²) in [6.45, 7) is 0. The largest absolute Gasteiger partial charge is 0.271 e. The second kappa shape index (κ2) is 7.76. The van der Waals surface area contributed by atoms with Crippen LogP contribution in [0.25, 0.3) is 6.08 Å². The molecule has 0 unspecified atom stereocenters. The molecule has 0 fully saturated rings. The summed E-state index contributed by atoms with van der Waals surface area (Å²) in [6, 6.07) is 10.6. The summed E-state index contributed by atoms with van der Waals surface area (Å²) in [5, 5.41) is 0.432. The lowest BCUT2D eigenvalue weighted by Crippen LogP contribution is -2.40. The Balaban J connectivity index is 1.97. The monoisotopic (exact) mass is 352 g/mol. The van der Waals surface area contributed by atoms with E-state index in [-0.39, 0.29) is 21.2 Å². The van der Waals surface area contributed by atoms with Crippen LogP contribution in [0.3, 0.4) is 0 Å². The molecule has 4 nitrogen and oxygen atoms in total. The fraction of sp³-hybridized carbons (Fsp3) is 0. The number of rotatable bonds is 3. The number of hydrogen-bond donors (Lipinski definition) is 2. The lowest BCUT2D eigenvalue weighted by Gasteiger charge is -2.06. The van der Waals surface area contributed by atoms with Gasteiger partial charge in [-0.1, -0.05) is 41.4 Å². The van der Waals surface area contributed by atoms with Crippen molar-refractivity contribution in [2.45, 2.75) is 0 Å². The minimum atomic E-state index is -0.648. The maximum Gasteiger partial charge on any atom is 0.271 e. The third-order valence-electron chi connectivity index (χ3n) is 2.82. The fourth-order valence-corrected chi connectivity index (χ4v) is 2.15. The fourth-order valence-electron chi connectivity index (χ4n) is 1.70. The number of halogens is 3. The van der Waals surface area contributed by atoms with E-state index in [2.05, 4.69) is 10.9 Å². The molecule has 2 aromatic carbocycles. The summed E-state index contributed by atoms with van der Waals surface area (Å²) >= 11 is 11.7. The van der Waals surface area contributed by atoms with Crippen LogP contribution in [0.1, 0.15) is 15.9 Å². The SMILES string of the molecule is O=C(/C=C/c1c(F)cccc1Cl)NNC(=O)c1ccccc1Cl. The van der Waals surface area contributed by atoms with Gasteiger partial charge in [-0.25, -0.2) is 4.39 Å². The van der Waals surface area contributed by atoms with Crippen molar-refractivity contribution < 1.29 is 14.0 Å². The van der Waals surface area contributed by atoms with Gasteiger partial charge in [0.15, 0.2) is 0 Å². The molecule has 0 aromatic heterocycles. The lowest BCUT2D eigenvalue weighted by atomic mass is 10.2. The van der Waals surface area contributed by atoms with Crippen molar-refractivity contribution in [2.24, 2.45) is 0 Å². The Hall–Kier alpha value is -2.37. The van der Waals surface area contributed by atoms with E-state index in [9.17, 15) is 14.0 Å². The number of benzene rings is 2. The second-order valence-electron chi connectivity index (χ2n) is 4.39. The number of amides is 2. The molecule has 0 atom stereocenters. The summed E-state index contributed by atoms with van der Waals surface area (Å²) in [7, 11) is 0. The molecular weight excluding hydrogens is 342 g/mol. The normalized spacial score (nSPS) is 10.6. The highest BCUT2D eigenvalue weighted by atomic mass is 35.5. The molecule has 0 bridgehead atoms. The molecule has 0 spiro atoms. The lowest BCUT2D eigenvalue weighted by molar-refractivity contribution is -0.117. The van der Waals surface area contributed by atoms with Crippen LogP contribution in [0.4, 0.5) is 4.39 Å². The van der Waals surface area contributed by atoms with Crippen molar-refractivity contribution in [3.8, 4) is 0 Å². The van der Waals surface area contributed by atoms with E-state index >= 15 is 0 Å². The predicted molar refractivity (Wildman–Crippen MR) is 87.5 cm³/mol. The van der Waals surface area contributed by atoms with Gasteiger partial charge >= 0.3 is 0 Å². The van der Waals surface area contributed by atoms with Gasteiger partial charge in [-0.05, 0) is 30.3 Å². The number of nitrogens with one attached hydrogen (secondary N) is 2. The molecule has 0 saturated carbocycles. The van der Waals surface area contributed by atoms with Crippen molar-refractivity contribution in [1.29, 1.82) is 0 Å². The smallest absolute Gasteiger partial charge is 0.268 e. The van der Waals surface area contributed by atoms with E-state index in [0.717, 1.165) is 6.08 Å². The first-order chi connectivity index (χ1) is 11.0. The highest BCUT2D eigenvalue weighted by molar-refractivity contribution is 6.33. The first kappa shape index (κ1) is 17.0. The topological polar surface area (TPSA) is 58.2 Å². The molecule has 2 rings (SSSR count). The summed E-state index contributed by atoms with van der Waals surface area (Å²) in [4.78, 5) is 23.5. The summed E-state index contributed by atoms with van der Waals surface area (Å²) in [6.07, 6.45) is 2.27. The molecule has 0 aliphatic rings. The number of carbonyl (C=O) groups excluding carboxylic acids is 2. The molecule has 0 aliphatic carbocycles. The zero-order valence-corrected chi connectivity index (χ0v) is 13.2. The first-order valence-corrected chi connectivity index (χ1v) is 7.21. The Morgan fingerprint density at radius 3 is 2.35 bits per heavy atom. The maximum atomic E-state index is 13.5. The molecule has 23 heavy (non-hydrogen) atoms. The quantitative estimate of drug-likeness (QED) is 0.654. The Morgan fingerprint density at radius 2 is 1.65 bits per heavy atom. The van der Waals surface area contributed by atoms with Crippen LogP contribution in [0, 0.1) is 5.82 Å². The second-order valence-corrected chi connectivity index (χ2v) is 5.21. The average molecular weight is 353 g/mol. The molecular formula is C16H11Cl2FN2O2. The molecule has 2 aromatic rings. The van der Waals surface area contributed by atoms with Gasteiger partial charge < -0.3 is 0 Å². The van der Waals surface area contributed by atoms with Crippen LogP contribution in [0.15, 0.2) is 48.5 Å². The van der Waals surface area contributed by atoms with Gasteiger partial charge in [0.1, 0.15) is 5.82 Å². The minimum absolute atomic E-state index is 0.0850. The number of hydrazine groups is 1. The molecule has 0 aliphatic heterocycles. The van der Waals surface area contributed by atoms with E-state index < -0.39 is 17.6 Å². The van der Waals surface area contributed by atoms with Crippen LogP contribution in [0.2, 0.25) is 10.0 Å². The van der Waals surface area contributed by atoms with Crippen molar-refractivity contribution in [2.75, 3.05) is 0 Å². The Morgan fingerprint density at radius 1 is 0.957 bits per heavy atom. The van der Waals surface area contributed by atoms with E-state index in [1.165, 1.54) is 30.3 Å². The third kappa shape index (κ3) is 4.55. The maximum absolute atomic E-state index is 13.5. The molecule has 0 radical (unpaired) electrons. The van der Waals surface area contributed by atoms with Gasteiger partial charge in [-0.2, -0.15) is 0 Å². The minimum Gasteiger partial charge on any atom is -0.268 e. The summed E-state index contributed by atoms with van der Waals surface area (Å²) in [5.74, 6) is -1.77. The van der Waals surface area contributed by atoms with Crippen LogP contribution >= 0.6 is 23.2 Å². The number of carbonyl (C=O) groups is 2. The van der Waals surface area contributed by atoms with E-state index in [1.54, 1.807) is 18.2 Å². The molecule has 7 heteroatoms. The Labute approximate surface area is 141 Å². The standard InChI is InChI=1S/C16H11Cl2FN2O2/c17-12-6-3-7-14(19)10(12)8-9-15(22)20-21-16(23)11-4-1-2-5-13(11)18/h1-9H,(H,20,22)(H,21,23)/b9-8+. The van der Waals surface area contributed by atoms with Gasteiger partial charge in [-0.3, -0.25) is 20.4 Å². The van der Waals surface area contributed by atoms with Crippen molar-refractivity contribution in [3.63, 3.8) is 0 Å². The molecule has 0 saturated heterocycles. The van der Waals surface area contributed by atoms with E-state index in [4.69, 9.17) is 23.2 Å². The highest BCUT2D eigenvalue weighted by Crippen LogP contribution is 2.20. The zero-order chi connectivity index (χ0) is 16.8. The average Bonchev–Trinajstić information content (AvgIpc) is 2.52. The first-order valence-electron chi connectivity index (χ1n) is 6.46. The van der Waals surface area contributed by atoms with Gasteiger partial charge in [0.2, 0.25) is 0 Å². The van der Waals surface area contributed by atoms with Crippen LogP contribution in [-0.2, 0) is 4.79 Å². The molecule has 118 valence electrons. The van der Waals surface area contributed by atoms with Gasteiger partial charge in [0.05, 0.1) is 15.6 Å². The highest BCUT2D eigenvalue weighted by Gasteiger charge is 2.09. The van der Waals surface area contributed by atoms with Crippen molar-refractivity contribution >= 4 is 41.1 Å². The van der Waals surface area contributed by atoms with Gasteiger partial charge in [0.25, 0.3) is 11.8 Å². The summed E-state index contributed by atoms with van der Waals surface area (Å²) < 4.78 is 13.5. The van der Waals surface area contributed by atoms with Crippen molar-refractivity contribution in [1.82, 2.24) is 10.9 Å². The Kier molecular flexibility index (Phi) is 5.73. The van der Waals surface area contributed by atoms with Crippen LogP contribution in [-0.4, -0.2) is 11.8 Å². The molecule has 2 N–H and O–H groups in total. The number of hydrogen-bond acceptors (Lipinski definition) is 2. The molecule has 2 amide bonds. The zero-order valence-electron chi connectivity index (χ0n) is 11.6.